The zero-order chi connectivity index (χ0) is 28.9. The van der Waals surface area contributed by atoms with Gasteiger partial charge in [-0.05, 0) is 49.5 Å². The second-order valence-corrected chi connectivity index (χ2v) is 12.2. The van der Waals surface area contributed by atoms with E-state index >= 15 is 0 Å². The number of carbonyl (C=O) groups excluding carboxylic acids is 2. The quantitative estimate of drug-likeness (QED) is 0.277. The molecule has 0 aliphatic heterocycles. The summed E-state index contributed by atoms with van der Waals surface area (Å²) in [5.41, 5.74) is 3.81. The highest BCUT2D eigenvalue weighted by atomic mass is 32.2. The third-order valence-corrected chi connectivity index (χ3v) is 7.73. The molecule has 0 saturated carbocycles. The van der Waals surface area contributed by atoms with Gasteiger partial charge in [0.05, 0.1) is 24.1 Å². The molecule has 1 aromatic carbocycles. The summed E-state index contributed by atoms with van der Waals surface area (Å²) in [6.07, 6.45) is 5.30. The molecule has 3 heterocycles. The Morgan fingerprint density at radius 1 is 1.02 bits per heavy atom. The van der Waals surface area contributed by atoms with Gasteiger partial charge in [-0.15, -0.1) is 11.3 Å². The molecule has 0 aliphatic rings. The van der Waals surface area contributed by atoms with Gasteiger partial charge in [0.15, 0.2) is 5.13 Å². The van der Waals surface area contributed by atoms with Crippen LogP contribution < -0.4 is 15.5 Å². The maximum absolute atomic E-state index is 12.4. The predicted molar refractivity (Wildman–Crippen MR) is 158 cm³/mol. The first-order valence-corrected chi connectivity index (χ1v) is 15.1. The maximum Gasteiger partial charge on any atom is 0.253 e. The largest absolute Gasteiger partial charge is 0.358 e. The van der Waals surface area contributed by atoms with Crippen LogP contribution in [-0.2, 0) is 14.8 Å². The molecule has 210 valence electrons. The Labute approximate surface area is 237 Å². The summed E-state index contributed by atoms with van der Waals surface area (Å²) < 4.78 is 24.1. The van der Waals surface area contributed by atoms with Crippen LogP contribution in [0.15, 0.2) is 66.4 Å². The van der Waals surface area contributed by atoms with Crippen molar-refractivity contribution in [3.63, 3.8) is 0 Å². The molecule has 0 bridgehead atoms. The lowest BCUT2D eigenvalue weighted by atomic mass is 10.0. The van der Waals surface area contributed by atoms with Gasteiger partial charge in [0.1, 0.15) is 5.82 Å². The Morgan fingerprint density at radius 2 is 1.77 bits per heavy atom. The Kier molecular flexibility index (Phi) is 8.97. The molecule has 0 atom stereocenters. The van der Waals surface area contributed by atoms with E-state index < -0.39 is 21.8 Å². The number of rotatable bonds is 11. The number of amides is 2. The summed E-state index contributed by atoms with van der Waals surface area (Å²) in [5, 5.41) is 7.43. The first-order chi connectivity index (χ1) is 19.0. The van der Waals surface area contributed by atoms with Crippen LogP contribution in [0.2, 0.25) is 0 Å². The van der Waals surface area contributed by atoms with Gasteiger partial charge in [-0.25, -0.2) is 18.4 Å². The van der Waals surface area contributed by atoms with Crippen LogP contribution in [0.5, 0.6) is 0 Å². The first kappa shape index (κ1) is 28.9. The van der Waals surface area contributed by atoms with Gasteiger partial charge in [0.2, 0.25) is 15.9 Å². The van der Waals surface area contributed by atoms with E-state index in [0.717, 1.165) is 45.8 Å². The average molecular weight is 582 g/mol. The summed E-state index contributed by atoms with van der Waals surface area (Å²) in [6.45, 7) is 1.49. The molecule has 0 fully saturated rings. The van der Waals surface area contributed by atoms with E-state index in [9.17, 15) is 18.0 Å². The molecule has 4 rings (SSSR count). The van der Waals surface area contributed by atoms with Crippen LogP contribution >= 0.6 is 11.3 Å². The lowest BCUT2D eigenvalue weighted by Gasteiger charge is -2.21. The minimum atomic E-state index is -3.49. The van der Waals surface area contributed by atoms with Crippen LogP contribution in [-0.4, -0.2) is 86.1 Å². The summed E-state index contributed by atoms with van der Waals surface area (Å²) >= 11 is 1.28. The third kappa shape index (κ3) is 7.52. The number of hydrogen-bond acceptors (Lipinski definition) is 9. The standard InChI is InChI=1S/C27H31N7O4S2/c1-32(2)12-13-33(3)24-15-20(8-10-28-24)19-6-5-7-21(14-19)23-18-39-27(30-23)31-25(35)16-29-26(36)22-9-11-34(17-22)40(4,37)38/h5-11,14-15,17-18H,12-13,16H2,1-4H3,(H,29,36)(H,30,31,35). The Balaban J connectivity index is 1.38. The number of likely N-dealkylation sites (N-methyl/N-ethyl adjacent to an activating group) is 2. The molecule has 13 heteroatoms. The summed E-state index contributed by atoms with van der Waals surface area (Å²) in [4.78, 5) is 38.0. The predicted octanol–water partition coefficient (Wildman–Crippen LogP) is 2.85. The van der Waals surface area contributed by atoms with Crippen molar-refractivity contribution in [3.8, 4) is 22.4 Å². The Bertz CT molecular complexity index is 1610. The molecule has 0 saturated heterocycles. The minimum Gasteiger partial charge on any atom is -0.358 e. The average Bonchev–Trinajstić information content (AvgIpc) is 3.61. The van der Waals surface area contributed by atoms with Crippen molar-refractivity contribution in [1.29, 1.82) is 0 Å². The molecule has 2 N–H and O–H groups in total. The number of thiazole rings is 1. The van der Waals surface area contributed by atoms with E-state index in [0.29, 0.717) is 10.8 Å². The molecule has 0 unspecified atom stereocenters. The second-order valence-electron chi connectivity index (χ2n) is 9.47. The van der Waals surface area contributed by atoms with E-state index in [1.165, 1.54) is 29.8 Å². The summed E-state index contributed by atoms with van der Waals surface area (Å²) in [5.74, 6) is -0.117. The molecular formula is C27H31N7O4S2. The highest BCUT2D eigenvalue weighted by molar-refractivity contribution is 7.89. The molecular weight excluding hydrogens is 550 g/mol. The highest BCUT2D eigenvalue weighted by Crippen LogP contribution is 2.30. The normalized spacial score (nSPS) is 11.4. The van der Waals surface area contributed by atoms with Gasteiger partial charge in [-0.3, -0.25) is 13.6 Å². The molecule has 40 heavy (non-hydrogen) atoms. The fourth-order valence-electron chi connectivity index (χ4n) is 3.74. The SMILES string of the molecule is CN(C)CCN(C)c1cc(-c2cccc(-c3csc(NC(=O)CNC(=O)c4ccn(S(C)(=O)=O)c4)n3)c2)ccn1. The Hall–Kier alpha value is -4.07. The van der Waals surface area contributed by atoms with E-state index in [4.69, 9.17) is 0 Å². The zero-order valence-corrected chi connectivity index (χ0v) is 24.3. The van der Waals surface area contributed by atoms with Crippen LogP contribution in [0.4, 0.5) is 10.9 Å². The van der Waals surface area contributed by atoms with Crippen molar-refractivity contribution in [1.82, 2.24) is 24.2 Å². The lowest BCUT2D eigenvalue weighted by Crippen LogP contribution is -2.32. The number of carbonyl (C=O) groups is 2. The lowest BCUT2D eigenvalue weighted by molar-refractivity contribution is -0.115. The molecule has 0 radical (unpaired) electrons. The number of anilines is 2. The van der Waals surface area contributed by atoms with Crippen LogP contribution in [0.3, 0.4) is 0 Å². The number of benzene rings is 1. The van der Waals surface area contributed by atoms with Crippen LogP contribution in [0.25, 0.3) is 22.4 Å². The van der Waals surface area contributed by atoms with Gasteiger partial charge < -0.3 is 20.4 Å². The monoisotopic (exact) mass is 581 g/mol. The van der Waals surface area contributed by atoms with E-state index in [1.54, 1.807) is 6.20 Å². The van der Waals surface area contributed by atoms with Crippen molar-refractivity contribution in [2.45, 2.75) is 0 Å². The van der Waals surface area contributed by atoms with Crippen molar-refractivity contribution >= 4 is 44.1 Å². The Morgan fingerprint density at radius 3 is 2.50 bits per heavy atom. The van der Waals surface area contributed by atoms with E-state index in [2.05, 4.69) is 36.5 Å². The molecule has 4 aromatic rings. The maximum atomic E-state index is 12.4. The second kappa shape index (κ2) is 12.4. The summed E-state index contributed by atoms with van der Waals surface area (Å²) in [6, 6.07) is 13.4. The topological polar surface area (TPSA) is 130 Å². The first-order valence-electron chi connectivity index (χ1n) is 12.3. The zero-order valence-electron chi connectivity index (χ0n) is 22.7. The van der Waals surface area contributed by atoms with Gasteiger partial charge in [-0.2, -0.15) is 0 Å². The van der Waals surface area contributed by atoms with Gasteiger partial charge in [0.25, 0.3) is 5.91 Å². The molecule has 11 nitrogen and oxygen atoms in total. The van der Waals surface area contributed by atoms with Crippen LogP contribution in [0.1, 0.15) is 10.4 Å². The fraction of sp³-hybridized carbons (Fsp3) is 0.259. The van der Waals surface area contributed by atoms with E-state index in [-0.39, 0.29) is 12.1 Å². The van der Waals surface area contributed by atoms with Crippen molar-refractivity contribution in [2.24, 2.45) is 0 Å². The van der Waals surface area contributed by atoms with Gasteiger partial charge in [-0.1, -0.05) is 18.2 Å². The number of nitrogens with zero attached hydrogens (tertiary/aromatic N) is 5. The van der Waals surface area contributed by atoms with Crippen molar-refractivity contribution in [3.05, 3.63) is 72.0 Å². The third-order valence-electron chi connectivity index (χ3n) is 5.98. The van der Waals surface area contributed by atoms with Gasteiger partial charge >= 0.3 is 0 Å². The smallest absolute Gasteiger partial charge is 0.253 e. The van der Waals surface area contributed by atoms with E-state index in [1.807, 2.05) is 56.9 Å². The number of nitrogens with one attached hydrogen (secondary N) is 2. The highest BCUT2D eigenvalue weighted by Gasteiger charge is 2.14. The molecule has 0 spiro atoms. The number of pyridine rings is 1. The van der Waals surface area contributed by atoms with Crippen LogP contribution in [0, 0.1) is 0 Å². The van der Waals surface area contributed by atoms with Crippen molar-refractivity contribution in [2.75, 3.05) is 57.2 Å². The van der Waals surface area contributed by atoms with Gasteiger partial charge in [0, 0.05) is 49.7 Å². The molecule has 0 aliphatic carbocycles. The number of aromatic nitrogens is 3. The molecule has 2 amide bonds. The summed E-state index contributed by atoms with van der Waals surface area (Å²) in [7, 11) is 2.62. The van der Waals surface area contributed by atoms with Crippen molar-refractivity contribution < 1.29 is 18.0 Å². The fourth-order valence-corrected chi connectivity index (χ4v) is 5.06. The number of hydrogen-bond donors (Lipinski definition) is 2. The minimum absolute atomic E-state index is 0.135. The molecule has 3 aromatic heterocycles.